The van der Waals surface area contributed by atoms with Gasteiger partial charge in [0.2, 0.25) is 0 Å². The standard InChI is InChI=1S/C16H16FN5O/c1-11-8-9-22(21-11)16-7-6-15(19-20-16)18-10-14(23)12-4-2-3-5-13(12)17/h2-9,14,23H,10H2,1H3,(H,18,19). The van der Waals surface area contributed by atoms with Crippen LogP contribution in [-0.2, 0) is 0 Å². The number of benzene rings is 1. The van der Waals surface area contributed by atoms with Crippen molar-refractivity contribution in [2.45, 2.75) is 13.0 Å². The summed E-state index contributed by atoms with van der Waals surface area (Å²) in [5, 5.41) is 25.3. The van der Waals surface area contributed by atoms with Gasteiger partial charge in [0.05, 0.1) is 11.8 Å². The Kier molecular flexibility index (Phi) is 4.29. The van der Waals surface area contributed by atoms with Gasteiger partial charge in [0.25, 0.3) is 0 Å². The number of aliphatic hydroxyl groups is 1. The van der Waals surface area contributed by atoms with Gasteiger partial charge < -0.3 is 10.4 Å². The Hall–Kier alpha value is -2.80. The van der Waals surface area contributed by atoms with Crippen molar-refractivity contribution in [3.8, 4) is 5.82 Å². The zero-order chi connectivity index (χ0) is 16.2. The summed E-state index contributed by atoms with van der Waals surface area (Å²) < 4.78 is 15.2. The quantitative estimate of drug-likeness (QED) is 0.755. The van der Waals surface area contributed by atoms with Crippen molar-refractivity contribution in [2.24, 2.45) is 0 Å². The molecule has 1 aromatic carbocycles. The number of nitrogens with zero attached hydrogens (tertiary/aromatic N) is 4. The maximum Gasteiger partial charge on any atom is 0.175 e. The predicted octanol–water partition coefficient (Wildman–Crippen LogP) is 2.26. The number of halogens is 1. The topological polar surface area (TPSA) is 75.9 Å². The number of aromatic nitrogens is 4. The fourth-order valence-electron chi connectivity index (χ4n) is 2.14. The molecule has 118 valence electrons. The van der Waals surface area contributed by atoms with Crippen LogP contribution in [0.5, 0.6) is 0 Å². The van der Waals surface area contributed by atoms with Crippen molar-refractivity contribution < 1.29 is 9.50 Å². The Labute approximate surface area is 132 Å². The average molecular weight is 313 g/mol. The Morgan fingerprint density at radius 3 is 2.65 bits per heavy atom. The van der Waals surface area contributed by atoms with E-state index in [2.05, 4.69) is 20.6 Å². The minimum atomic E-state index is -0.966. The summed E-state index contributed by atoms with van der Waals surface area (Å²) >= 11 is 0. The third-order valence-corrected chi connectivity index (χ3v) is 3.35. The second-order valence-corrected chi connectivity index (χ2v) is 5.10. The Bertz CT molecular complexity index is 787. The summed E-state index contributed by atoms with van der Waals surface area (Å²) in [6.07, 6.45) is 0.834. The number of anilines is 1. The molecule has 0 fully saturated rings. The van der Waals surface area contributed by atoms with Crippen molar-refractivity contribution in [3.63, 3.8) is 0 Å². The molecule has 0 aliphatic rings. The molecular formula is C16H16FN5O. The average Bonchev–Trinajstić information content (AvgIpc) is 3.00. The maximum absolute atomic E-state index is 13.6. The largest absolute Gasteiger partial charge is 0.386 e. The van der Waals surface area contributed by atoms with Crippen LogP contribution in [-0.4, -0.2) is 31.6 Å². The molecule has 2 aromatic heterocycles. The summed E-state index contributed by atoms with van der Waals surface area (Å²) in [7, 11) is 0. The van der Waals surface area contributed by atoms with E-state index in [0.717, 1.165) is 5.69 Å². The molecule has 0 amide bonds. The van der Waals surface area contributed by atoms with Gasteiger partial charge in [-0.25, -0.2) is 9.07 Å². The highest BCUT2D eigenvalue weighted by Gasteiger charge is 2.12. The van der Waals surface area contributed by atoms with E-state index in [0.29, 0.717) is 11.6 Å². The van der Waals surface area contributed by atoms with Gasteiger partial charge >= 0.3 is 0 Å². The van der Waals surface area contributed by atoms with E-state index in [9.17, 15) is 9.50 Å². The Balaban J connectivity index is 1.64. The summed E-state index contributed by atoms with van der Waals surface area (Å²) in [5.41, 5.74) is 1.14. The summed E-state index contributed by atoms with van der Waals surface area (Å²) in [6, 6.07) is 11.5. The fraction of sp³-hybridized carbons (Fsp3) is 0.188. The molecule has 0 bridgehead atoms. The molecule has 1 atom stereocenters. The lowest BCUT2D eigenvalue weighted by Crippen LogP contribution is -2.14. The zero-order valence-corrected chi connectivity index (χ0v) is 12.5. The van der Waals surface area contributed by atoms with E-state index in [-0.39, 0.29) is 12.1 Å². The molecule has 0 aliphatic carbocycles. The first-order chi connectivity index (χ1) is 11.1. The van der Waals surface area contributed by atoms with Crippen LogP contribution >= 0.6 is 0 Å². The van der Waals surface area contributed by atoms with Gasteiger partial charge in [-0.1, -0.05) is 18.2 Å². The van der Waals surface area contributed by atoms with Gasteiger partial charge in [0.1, 0.15) is 11.6 Å². The SMILES string of the molecule is Cc1ccn(-c2ccc(NCC(O)c3ccccc3F)nn2)n1. The molecule has 3 aromatic rings. The molecule has 23 heavy (non-hydrogen) atoms. The lowest BCUT2D eigenvalue weighted by Gasteiger charge is -2.13. The molecule has 0 saturated heterocycles. The van der Waals surface area contributed by atoms with E-state index >= 15 is 0 Å². The summed E-state index contributed by atoms with van der Waals surface area (Å²) in [4.78, 5) is 0. The van der Waals surface area contributed by atoms with E-state index in [1.54, 1.807) is 41.2 Å². The molecule has 6 nitrogen and oxygen atoms in total. The molecule has 0 aliphatic heterocycles. The van der Waals surface area contributed by atoms with Crippen molar-refractivity contribution in [3.05, 3.63) is 65.7 Å². The lowest BCUT2D eigenvalue weighted by molar-refractivity contribution is 0.186. The van der Waals surface area contributed by atoms with Crippen LogP contribution in [0.15, 0.2) is 48.7 Å². The first-order valence-electron chi connectivity index (χ1n) is 7.16. The van der Waals surface area contributed by atoms with Gasteiger partial charge in [-0.05, 0) is 31.2 Å². The van der Waals surface area contributed by atoms with Gasteiger partial charge in [-0.3, -0.25) is 0 Å². The molecule has 0 saturated carbocycles. The highest BCUT2D eigenvalue weighted by Crippen LogP contribution is 2.17. The van der Waals surface area contributed by atoms with Crippen LogP contribution in [0.4, 0.5) is 10.2 Å². The van der Waals surface area contributed by atoms with E-state index in [1.165, 1.54) is 6.07 Å². The third kappa shape index (κ3) is 3.51. The van der Waals surface area contributed by atoms with Crippen LogP contribution in [0, 0.1) is 12.7 Å². The van der Waals surface area contributed by atoms with Crippen LogP contribution in [0.1, 0.15) is 17.4 Å². The van der Waals surface area contributed by atoms with Gasteiger partial charge in [0, 0.05) is 18.3 Å². The highest BCUT2D eigenvalue weighted by molar-refractivity contribution is 5.37. The number of hydrogen-bond donors (Lipinski definition) is 2. The van der Waals surface area contributed by atoms with Crippen molar-refractivity contribution >= 4 is 5.82 Å². The monoisotopic (exact) mass is 313 g/mol. The van der Waals surface area contributed by atoms with Gasteiger partial charge in [0.15, 0.2) is 5.82 Å². The molecule has 2 N–H and O–H groups in total. The van der Waals surface area contributed by atoms with E-state index in [1.807, 2.05) is 13.0 Å². The number of aliphatic hydroxyl groups excluding tert-OH is 1. The smallest absolute Gasteiger partial charge is 0.175 e. The molecule has 0 radical (unpaired) electrons. The molecule has 2 heterocycles. The second kappa shape index (κ2) is 6.53. The van der Waals surface area contributed by atoms with Crippen molar-refractivity contribution in [1.82, 2.24) is 20.0 Å². The minimum absolute atomic E-state index is 0.135. The number of aryl methyl sites for hydroxylation is 1. The number of nitrogens with one attached hydrogen (secondary N) is 1. The predicted molar refractivity (Wildman–Crippen MR) is 83.7 cm³/mol. The maximum atomic E-state index is 13.6. The minimum Gasteiger partial charge on any atom is -0.386 e. The third-order valence-electron chi connectivity index (χ3n) is 3.35. The Morgan fingerprint density at radius 1 is 1.17 bits per heavy atom. The molecule has 3 rings (SSSR count). The van der Waals surface area contributed by atoms with Gasteiger partial charge in [-0.15, -0.1) is 10.2 Å². The fourth-order valence-corrected chi connectivity index (χ4v) is 2.14. The lowest BCUT2D eigenvalue weighted by atomic mass is 10.1. The Morgan fingerprint density at radius 2 is 2.00 bits per heavy atom. The van der Waals surface area contributed by atoms with Crippen molar-refractivity contribution in [2.75, 3.05) is 11.9 Å². The molecule has 0 spiro atoms. The first-order valence-corrected chi connectivity index (χ1v) is 7.16. The first kappa shape index (κ1) is 15.1. The van der Waals surface area contributed by atoms with Crippen LogP contribution in [0.3, 0.4) is 0 Å². The van der Waals surface area contributed by atoms with Crippen molar-refractivity contribution in [1.29, 1.82) is 0 Å². The molecular weight excluding hydrogens is 297 g/mol. The number of rotatable bonds is 5. The van der Waals surface area contributed by atoms with E-state index < -0.39 is 11.9 Å². The van der Waals surface area contributed by atoms with Crippen LogP contribution in [0.2, 0.25) is 0 Å². The van der Waals surface area contributed by atoms with Gasteiger partial charge in [-0.2, -0.15) is 5.10 Å². The highest BCUT2D eigenvalue weighted by atomic mass is 19.1. The van der Waals surface area contributed by atoms with E-state index in [4.69, 9.17) is 0 Å². The van der Waals surface area contributed by atoms with Crippen LogP contribution in [0.25, 0.3) is 5.82 Å². The summed E-state index contributed by atoms with van der Waals surface area (Å²) in [5.74, 6) is 0.656. The molecule has 7 heteroatoms. The number of hydrogen-bond acceptors (Lipinski definition) is 5. The molecule has 1 unspecified atom stereocenters. The summed E-state index contributed by atoms with van der Waals surface area (Å²) in [6.45, 7) is 2.03. The zero-order valence-electron chi connectivity index (χ0n) is 12.5. The normalized spacial score (nSPS) is 12.1. The second-order valence-electron chi connectivity index (χ2n) is 5.10. The van der Waals surface area contributed by atoms with Crippen LogP contribution < -0.4 is 5.32 Å².